The average molecular weight is 371 g/mol. The summed E-state index contributed by atoms with van der Waals surface area (Å²) in [5.74, 6) is 0.189. The van der Waals surface area contributed by atoms with Gasteiger partial charge in [-0.1, -0.05) is 0 Å². The number of benzene rings is 2. The lowest BCUT2D eigenvalue weighted by atomic mass is 10.1. The summed E-state index contributed by atoms with van der Waals surface area (Å²) in [6.45, 7) is 0.835. The fraction of sp³-hybridized carbons (Fsp3) is 0.300. The van der Waals surface area contributed by atoms with Crippen LogP contribution in [0, 0.1) is 0 Å². The van der Waals surface area contributed by atoms with Gasteiger partial charge in [-0.15, -0.1) is 0 Å². The molecule has 0 aliphatic rings. The topological polar surface area (TPSA) is 79.9 Å². The van der Waals surface area contributed by atoms with Gasteiger partial charge in [-0.2, -0.15) is 0 Å². The second kappa shape index (κ2) is 9.59. The van der Waals surface area contributed by atoms with Gasteiger partial charge >= 0.3 is 0 Å². The van der Waals surface area contributed by atoms with Crippen LogP contribution in [0.3, 0.4) is 0 Å². The van der Waals surface area contributed by atoms with Crippen molar-refractivity contribution in [1.29, 1.82) is 0 Å². The van der Waals surface area contributed by atoms with E-state index in [1.807, 2.05) is 19.0 Å². The fourth-order valence-corrected chi connectivity index (χ4v) is 2.49. The SMILES string of the molecule is COCCNC(=O)c1cc(NC(=O)c2ccc(OC)cc2)ccc1N(C)C. The third-order valence-corrected chi connectivity index (χ3v) is 3.92. The molecule has 2 rings (SSSR count). The van der Waals surface area contributed by atoms with Crippen LogP contribution in [0.4, 0.5) is 11.4 Å². The van der Waals surface area contributed by atoms with Gasteiger partial charge in [-0.05, 0) is 42.5 Å². The van der Waals surface area contributed by atoms with Crippen LogP contribution in [0.5, 0.6) is 5.75 Å². The molecule has 2 aromatic carbocycles. The summed E-state index contributed by atoms with van der Waals surface area (Å²) in [5, 5.41) is 5.62. The predicted octanol–water partition coefficient (Wildman–Crippen LogP) is 2.39. The molecule has 0 aromatic heterocycles. The molecule has 0 saturated carbocycles. The number of hydrogen-bond acceptors (Lipinski definition) is 5. The second-order valence-corrected chi connectivity index (χ2v) is 6.06. The fourth-order valence-electron chi connectivity index (χ4n) is 2.49. The van der Waals surface area contributed by atoms with E-state index in [9.17, 15) is 9.59 Å². The van der Waals surface area contributed by atoms with Crippen LogP contribution in [-0.4, -0.2) is 53.3 Å². The second-order valence-electron chi connectivity index (χ2n) is 6.06. The number of carbonyl (C=O) groups is 2. The molecule has 2 amide bonds. The molecule has 0 heterocycles. The van der Waals surface area contributed by atoms with Gasteiger partial charge in [-0.25, -0.2) is 0 Å². The Kier molecular flexibility index (Phi) is 7.19. The monoisotopic (exact) mass is 371 g/mol. The summed E-state index contributed by atoms with van der Waals surface area (Å²) in [7, 11) is 6.86. The first-order valence-corrected chi connectivity index (χ1v) is 8.50. The summed E-state index contributed by atoms with van der Waals surface area (Å²) in [4.78, 5) is 26.8. The molecule has 7 heteroatoms. The number of hydrogen-bond donors (Lipinski definition) is 2. The molecule has 2 N–H and O–H groups in total. The number of nitrogens with one attached hydrogen (secondary N) is 2. The maximum absolute atomic E-state index is 12.5. The van der Waals surface area contributed by atoms with Crippen molar-refractivity contribution in [3.05, 3.63) is 53.6 Å². The summed E-state index contributed by atoms with van der Waals surface area (Å²) < 4.78 is 10.1. The third kappa shape index (κ3) is 5.46. The van der Waals surface area contributed by atoms with Crippen molar-refractivity contribution in [1.82, 2.24) is 5.32 Å². The number of anilines is 2. The molecule has 0 fully saturated rings. The molecule has 0 aliphatic carbocycles. The molecule has 0 spiro atoms. The molecule has 2 aromatic rings. The summed E-state index contributed by atoms with van der Waals surface area (Å²) >= 11 is 0. The van der Waals surface area contributed by atoms with E-state index < -0.39 is 0 Å². The minimum atomic E-state index is -0.263. The highest BCUT2D eigenvalue weighted by Gasteiger charge is 2.15. The molecule has 144 valence electrons. The molecule has 0 saturated heterocycles. The highest BCUT2D eigenvalue weighted by molar-refractivity contribution is 6.06. The minimum Gasteiger partial charge on any atom is -0.497 e. The minimum absolute atomic E-state index is 0.226. The molecule has 0 aliphatic heterocycles. The van der Waals surface area contributed by atoms with Crippen molar-refractivity contribution >= 4 is 23.2 Å². The third-order valence-electron chi connectivity index (χ3n) is 3.92. The van der Waals surface area contributed by atoms with Gasteiger partial charge in [0.1, 0.15) is 5.75 Å². The Morgan fingerprint density at radius 3 is 2.30 bits per heavy atom. The molecule has 0 bridgehead atoms. The lowest BCUT2D eigenvalue weighted by Gasteiger charge is -2.18. The van der Waals surface area contributed by atoms with Crippen LogP contribution in [0.25, 0.3) is 0 Å². The molecule has 0 radical (unpaired) electrons. The molecule has 27 heavy (non-hydrogen) atoms. The smallest absolute Gasteiger partial charge is 0.255 e. The summed E-state index contributed by atoms with van der Waals surface area (Å²) in [6, 6.07) is 12.0. The van der Waals surface area contributed by atoms with Crippen LogP contribution in [0.1, 0.15) is 20.7 Å². The van der Waals surface area contributed by atoms with E-state index in [0.29, 0.717) is 35.7 Å². The summed E-state index contributed by atoms with van der Waals surface area (Å²) in [5.41, 5.74) is 2.27. The van der Waals surface area contributed by atoms with Crippen LogP contribution in [0.2, 0.25) is 0 Å². The van der Waals surface area contributed by atoms with Crippen molar-refractivity contribution in [2.45, 2.75) is 0 Å². The Hall–Kier alpha value is -3.06. The van der Waals surface area contributed by atoms with Crippen molar-refractivity contribution in [2.24, 2.45) is 0 Å². The highest BCUT2D eigenvalue weighted by Crippen LogP contribution is 2.23. The number of ether oxygens (including phenoxy) is 2. The molecular weight excluding hydrogens is 346 g/mol. The number of rotatable bonds is 8. The van der Waals surface area contributed by atoms with E-state index in [2.05, 4.69) is 10.6 Å². The zero-order valence-corrected chi connectivity index (χ0v) is 16.0. The maximum atomic E-state index is 12.5. The Bertz CT molecular complexity index is 788. The van der Waals surface area contributed by atoms with Crippen molar-refractivity contribution in [2.75, 3.05) is 51.7 Å². The van der Waals surface area contributed by atoms with E-state index >= 15 is 0 Å². The van der Waals surface area contributed by atoms with E-state index in [1.165, 1.54) is 0 Å². The summed E-state index contributed by atoms with van der Waals surface area (Å²) in [6.07, 6.45) is 0. The van der Waals surface area contributed by atoms with Gasteiger partial charge in [0.25, 0.3) is 11.8 Å². The normalized spacial score (nSPS) is 10.2. The zero-order valence-electron chi connectivity index (χ0n) is 16.0. The highest BCUT2D eigenvalue weighted by atomic mass is 16.5. The Labute approximate surface area is 159 Å². The number of carbonyl (C=O) groups excluding carboxylic acids is 2. The standard InChI is InChI=1S/C20H25N3O4/c1-23(2)18-10-7-15(13-17(18)20(25)21-11-12-26-3)22-19(24)14-5-8-16(27-4)9-6-14/h5-10,13H,11-12H2,1-4H3,(H,21,25)(H,22,24). The first-order chi connectivity index (χ1) is 13.0. The first-order valence-electron chi connectivity index (χ1n) is 8.50. The van der Waals surface area contributed by atoms with Gasteiger partial charge in [0.15, 0.2) is 0 Å². The van der Waals surface area contributed by atoms with Gasteiger partial charge in [-0.3, -0.25) is 9.59 Å². The van der Waals surface area contributed by atoms with Gasteiger partial charge in [0, 0.05) is 44.7 Å². The van der Waals surface area contributed by atoms with Gasteiger partial charge in [0.05, 0.1) is 19.3 Å². The molecule has 7 nitrogen and oxygen atoms in total. The van der Waals surface area contributed by atoms with E-state index in [1.54, 1.807) is 56.7 Å². The van der Waals surface area contributed by atoms with Crippen LogP contribution in [0.15, 0.2) is 42.5 Å². The lowest BCUT2D eigenvalue weighted by molar-refractivity contribution is 0.0936. The number of amides is 2. The van der Waals surface area contributed by atoms with E-state index in [-0.39, 0.29) is 11.8 Å². The molecule has 0 atom stereocenters. The Balaban J connectivity index is 2.19. The average Bonchev–Trinajstić information content (AvgIpc) is 2.67. The van der Waals surface area contributed by atoms with E-state index in [0.717, 1.165) is 5.69 Å². The molecular formula is C20H25N3O4. The number of nitrogens with zero attached hydrogens (tertiary/aromatic N) is 1. The Morgan fingerprint density at radius 2 is 1.70 bits per heavy atom. The molecule has 0 unspecified atom stereocenters. The van der Waals surface area contributed by atoms with Gasteiger partial charge in [0.2, 0.25) is 0 Å². The maximum Gasteiger partial charge on any atom is 0.255 e. The quantitative estimate of drug-likeness (QED) is 0.697. The first kappa shape index (κ1) is 20.3. The lowest BCUT2D eigenvalue weighted by Crippen LogP contribution is -2.28. The van der Waals surface area contributed by atoms with Crippen molar-refractivity contribution < 1.29 is 19.1 Å². The van der Waals surface area contributed by atoms with Gasteiger partial charge < -0.3 is 25.0 Å². The van der Waals surface area contributed by atoms with Crippen LogP contribution in [-0.2, 0) is 4.74 Å². The number of methoxy groups -OCH3 is 2. The van der Waals surface area contributed by atoms with Crippen molar-refractivity contribution in [3.8, 4) is 5.75 Å². The zero-order chi connectivity index (χ0) is 19.8. The Morgan fingerprint density at radius 1 is 1.00 bits per heavy atom. The van der Waals surface area contributed by atoms with Crippen LogP contribution >= 0.6 is 0 Å². The van der Waals surface area contributed by atoms with Crippen LogP contribution < -0.4 is 20.3 Å². The largest absolute Gasteiger partial charge is 0.497 e. The van der Waals surface area contributed by atoms with Crippen molar-refractivity contribution in [3.63, 3.8) is 0 Å². The predicted molar refractivity (Wildman–Crippen MR) is 106 cm³/mol. The van der Waals surface area contributed by atoms with E-state index in [4.69, 9.17) is 9.47 Å².